The predicted octanol–water partition coefficient (Wildman–Crippen LogP) is 14.6. The number of pyridine rings is 9. The molecule has 0 bridgehead atoms. The smallest absolute Gasteiger partial charge is 0.416 e. The quantitative estimate of drug-likeness (QED) is 0.121. The van der Waals surface area contributed by atoms with Gasteiger partial charge in [-0.05, 0) is 176 Å². The van der Waals surface area contributed by atoms with Crippen molar-refractivity contribution < 1.29 is 120 Å². The Hall–Kier alpha value is -14.2. The molecule has 0 aromatic carbocycles. The van der Waals surface area contributed by atoms with Crippen LogP contribution in [0.4, 0.5) is 52.7 Å². The molecule has 0 unspecified atom stereocenters. The third-order valence-corrected chi connectivity index (χ3v) is 18.5. The SMILES string of the molecule is Cc1ccnc(-n2cccn2)c1.FC(F)(F)c1ccnc(-n2cccn2)c1.FC(F)(F)c1ccnc(-n2cccn2)c1.O=S1(=O)[N-]S(=O)(=O)C(F)(F)C(F)(F)C1(F)F.[Co].[Co].[Co].c1ccc(-n2cccn2)nc1.c1ccc(-n2cccn2)nc1.c1ccc(-n2cccn2)nc1.c1ccc(-n2cccn2)nc1.c1ccc(-n2cccn2)nc1.c1ccc(-n2cccn2)nc1. The fraction of sp³-hybridized carbons (Fsp3) is 0.0769. The van der Waals surface area contributed by atoms with Crippen molar-refractivity contribution in [3.63, 3.8) is 0 Å². The molecule has 18 aromatic heterocycles. The molecule has 1 aliphatic heterocycles. The summed E-state index contributed by atoms with van der Waals surface area (Å²) in [4.78, 5) is 36.5. The first-order valence-corrected chi connectivity index (χ1v) is 38.2. The van der Waals surface area contributed by atoms with E-state index in [2.05, 4.69) is 90.7 Å². The molecular formula is C78H63Co3F12N28O4S2-. The number of aromatic nitrogens is 27. The second kappa shape index (κ2) is 47.6. The van der Waals surface area contributed by atoms with Gasteiger partial charge >= 0.3 is 28.8 Å². The first kappa shape index (κ1) is 99.9. The maximum Gasteiger partial charge on any atom is 0.416 e. The van der Waals surface area contributed by atoms with Gasteiger partial charge in [0.05, 0.1) is 11.1 Å². The third kappa shape index (κ3) is 28.7. The Kier molecular flexibility index (Phi) is 37.4. The van der Waals surface area contributed by atoms with Gasteiger partial charge in [-0.25, -0.2) is 104 Å². The average Bonchev–Trinajstić information content (AvgIpc) is 0.830. The van der Waals surface area contributed by atoms with Crippen molar-refractivity contribution in [1.82, 2.24) is 133 Å². The zero-order chi connectivity index (χ0) is 88.5. The second-order valence-electron chi connectivity index (χ2n) is 23.8. The number of halogens is 12. The summed E-state index contributed by atoms with van der Waals surface area (Å²) >= 11 is 0. The predicted molar refractivity (Wildman–Crippen MR) is 423 cm³/mol. The number of alkyl halides is 12. The molecule has 663 valence electrons. The minimum Gasteiger partial charge on any atom is -0.425 e. The number of aryl methyl sites for hydroxylation is 1. The number of hydrogen-bond donors (Lipinski definition) is 0. The Bertz CT molecular complexity index is 5590. The first-order valence-electron chi connectivity index (χ1n) is 35.3. The van der Waals surface area contributed by atoms with Gasteiger partial charge in [-0.2, -0.15) is 98.6 Å². The summed E-state index contributed by atoms with van der Waals surface area (Å²) in [7, 11) is -13.1. The van der Waals surface area contributed by atoms with E-state index >= 15 is 0 Å². The molecule has 19 rings (SSSR count). The van der Waals surface area contributed by atoms with Gasteiger partial charge in [-0.15, -0.1) is 0 Å². The summed E-state index contributed by atoms with van der Waals surface area (Å²) in [6, 6.07) is 58.4. The van der Waals surface area contributed by atoms with E-state index in [1.807, 2.05) is 214 Å². The van der Waals surface area contributed by atoms with Crippen molar-refractivity contribution in [1.29, 1.82) is 0 Å². The molecule has 1 fully saturated rings. The molecule has 0 saturated carbocycles. The normalized spacial score (nSPS) is 13.0. The van der Waals surface area contributed by atoms with Crippen LogP contribution >= 0.6 is 0 Å². The molecule has 127 heavy (non-hydrogen) atoms. The number of hydrogen-bond acceptors (Lipinski definition) is 22. The zero-order valence-electron chi connectivity index (χ0n) is 64.6. The van der Waals surface area contributed by atoms with E-state index in [4.69, 9.17) is 0 Å². The summed E-state index contributed by atoms with van der Waals surface area (Å²) in [5.74, 6) is -0.371. The largest absolute Gasteiger partial charge is 0.425 e. The molecule has 1 saturated heterocycles. The molecule has 0 spiro atoms. The molecule has 0 atom stereocenters. The summed E-state index contributed by atoms with van der Waals surface area (Å²) in [6.45, 7) is 2.04. The molecule has 1 aliphatic rings. The Balaban J connectivity index is 0.000000193. The molecule has 3 radical (unpaired) electrons. The summed E-state index contributed by atoms with van der Waals surface area (Å²) < 4.78 is 206. The Morgan fingerprint density at radius 2 is 0.441 bits per heavy atom. The molecule has 49 heteroatoms. The summed E-state index contributed by atoms with van der Waals surface area (Å²) in [6.07, 6.45) is 37.0. The van der Waals surface area contributed by atoms with E-state index in [0.29, 0.717) is 0 Å². The van der Waals surface area contributed by atoms with Crippen LogP contribution in [0.15, 0.2) is 368 Å². The standard InChI is InChI=1S/2C9H6F3N3.C9H9N3.6C8H7N3.C3F6NO4S2.3Co/c2*10-9(11,12)7-2-4-13-8(6-7)15-5-1-3-14-15;1-8-3-5-10-9(7-8)12-6-2-4-11-12;6*1-2-5-9-8(4-1)11-7-3-6-10-11;4-1(5)2(6,7)15(11,12)10-16(13,14)3(1,8)9;;;/h2*1-6H;2-7H,1H3;6*1-7H;;;;/q;;;;;;;;;-1;;;. The van der Waals surface area contributed by atoms with Crippen LogP contribution in [0.2, 0.25) is 0 Å². The molecular weight excluding hydrogens is 1860 g/mol. The van der Waals surface area contributed by atoms with E-state index in [-0.39, 0.29) is 62.0 Å². The van der Waals surface area contributed by atoms with E-state index in [1.165, 1.54) is 39.7 Å². The van der Waals surface area contributed by atoms with Crippen LogP contribution < -0.4 is 0 Å². The van der Waals surface area contributed by atoms with Crippen molar-refractivity contribution in [3.05, 3.63) is 388 Å². The van der Waals surface area contributed by atoms with Crippen LogP contribution in [0.25, 0.3) is 56.5 Å². The van der Waals surface area contributed by atoms with Crippen LogP contribution in [0.1, 0.15) is 16.7 Å². The molecule has 0 amide bonds. The summed E-state index contributed by atoms with van der Waals surface area (Å²) in [5.41, 5.74) is -0.276. The molecule has 32 nitrogen and oxygen atoms in total. The topological polar surface area (TPSA) is 359 Å². The second-order valence-corrected chi connectivity index (χ2v) is 27.3. The Morgan fingerprint density at radius 3 is 0.614 bits per heavy atom. The maximum atomic E-state index is 12.4. The number of rotatable bonds is 9. The van der Waals surface area contributed by atoms with Gasteiger partial charge in [-0.3, -0.25) is 0 Å². The molecule has 0 N–H and O–H groups in total. The van der Waals surface area contributed by atoms with Crippen molar-refractivity contribution in [2.24, 2.45) is 0 Å². The van der Waals surface area contributed by atoms with E-state index in [9.17, 15) is 69.5 Å². The Morgan fingerprint density at radius 1 is 0.252 bits per heavy atom. The fourth-order valence-electron chi connectivity index (χ4n) is 9.38. The zero-order valence-corrected chi connectivity index (χ0v) is 69.4. The van der Waals surface area contributed by atoms with Gasteiger partial charge < -0.3 is 4.13 Å². The van der Waals surface area contributed by atoms with Crippen LogP contribution in [-0.4, -0.2) is 166 Å². The van der Waals surface area contributed by atoms with E-state index in [0.717, 1.165) is 81.5 Å². The van der Waals surface area contributed by atoms with Crippen molar-refractivity contribution in [3.8, 4) is 52.4 Å². The Labute approximate surface area is 744 Å². The summed E-state index contributed by atoms with van der Waals surface area (Å²) in [5, 5.41) is 23.3. The fourth-order valence-corrected chi connectivity index (χ4v) is 12.1. The minimum absolute atomic E-state index is 0. The van der Waals surface area contributed by atoms with E-state index < -0.39 is 60.0 Å². The molecule has 18 aromatic rings. The third-order valence-electron chi connectivity index (χ3n) is 15.2. The van der Waals surface area contributed by atoms with Gasteiger partial charge in [0.1, 0.15) is 0 Å². The van der Waals surface area contributed by atoms with Crippen molar-refractivity contribution in [2.75, 3.05) is 0 Å². The number of sulfonamides is 2. The minimum atomic E-state index is -6.60. The maximum absolute atomic E-state index is 12.4. The van der Waals surface area contributed by atoms with Gasteiger partial charge in [-0.1, -0.05) is 36.4 Å². The van der Waals surface area contributed by atoms with Gasteiger partial charge in [0.15, 0.2) is 72.4 Å². The van der Waals surface area contributed by atoms with Crippen molar-refractivity contribution in [2.45, 2.75) is 35.7 Å². The average molecular weight is 1930 g/mol. The van der Waals surface area contributed by atoms with Gasteiger partial charge in [0.2, 0.25) is 0 Å². The molecule has 0 aliphatic carbocycles. The van der Waals surface area contributed by atoms with Gasteiger partial charge in [0.25, 0.3) is 0 Å². The van der Waals surface area contributed by atoms with E-state index in [1.54, 1.807) is 132 Å². The monoisotopic (exact) mass is 1920 g/mol. The van der Waals surface area contributed by atoms with Crippen LogP contribution in [0.3, 0.4) is 0 Å². The van der Waals surface area contributed by atoms with Crippen molar-refractivity contribution >= 4 is 20.0 Å². The van der Waals surface area contributed by atoms with Crippen LogP contribution in [0.5, 0.6) is 0 Å². The first-order chi connectivity index (χ1) is 59.5. The van der Waals surface area contributed by atoms with Crippen LogP contribution in [0, 0.1) is 6.92 Å². The number of nitrogens with zero attached hydrogens (tertiary/aromatic N) is 28. The van der Waals surface area contributed by atoms with Gasteiger partial charge in [0, 0.05) is 218 Å². The van der Waals surface area contributed by atoms with Crippen LogP contribution in [-0.2, 0) is 82.7 Å². The molecule has 19 heterocycles.